The maximum absolute atomic E-state index is 12.0. The zero-order valence-electron chi connectivity index (χ0n) is 11.9. The number of ether oxygens (including phenoxy) is 1. The van der Waals surface area contributed by atoms with Crippen molar-refractivity contribution in [3.05, 3.63) is 17.5 Å². The Morgan fingerprint density at radius 1 is 1.37 bits per heavy atom. The number of H-pyrrole nitrogens is 1. The van der Waals surface area contributed by atoms with E-state index in [0.717, 1.165) is 37.8 Å². The number of hydrogen-bond donors (Lipinski definition) is 1. The van der Waals surface area contributed by atoms with Gasteiger partial charge in [0.15, 0.2) is 5.69 Å². The molecule has 4 nitrogen and oxygen atoms in total. The summed E-state index contributed by atoms with van der Waals surface area (Å²) in [5, 5.41) is 6.98. The Balaban J connectivity index is 1.89. The number of aromatic nitrogens is 2. The summed E-state index contributed by atoms with van der Waals surface area (Å²) in [5.41, 5.74) is 1.42. The van der Waals surface area contributed by atoms with Gasteiger partial charge < -0.3 is 4.74 Å². The van der Waals surface area contributed by atoms with Crippen molar-refractivity contribution in [2.24, 2.45) is 5.92 Å². The maximum atomic E-state index is 12.0. The van der Waals surface area contributed by atoms with E-state index in [1.807, 2.05) is 6.07 Å². The number of rotatable bonds is 4. The minimum atomic E-state index is -0.279. The number of nitrogens with zero attached hydrogens (tertiary/aromatic N) is 1. The van der Waals surface area contributed by atoms with Crippen LogP contribution in [0.5, 0.6) is 0 Å². The first kappa shape index (κ1) is 14.1. The number of hydrogen-bond acceptors (Lipinski definition) is 3. The van der Waals surface area contributed by atoms with E-state index in [2.05, 4.69) is 24.0 Å². The van der Waals surface area contributed by atoms with E-state index in [1.165, 1.54) is 12.8 Å². The van der Waals surface area contributed by atoms with Gasteiger partial charge in [-0.05, 0) is 44.1 Å². The molecule has 1 saturated carbocycles. The third-order valence-corrected chi connectivity index (χ3v) is 3.54. The summed E-state index contributed by atoms with van der Waals surface area (Å²) in [5.74, 6) is 0.268. The van der Waals surface area contributed by atoms with Crippen molar-refractivity contribution in [2.75, 3.05) is 0 Å². The third-order valence-electron chi connectivity index (χ3n) is 3.54. The van der Waals surface area contributed by atoms with Gasteiger partial charge in [0.05, 0.1) is 0 Å². The molecule has 0 bridgehead atoms. The van der Waals surface area contributed by atoms with Crippen LogP contribution in [0.25, 0.3) is 0 Å². The minimum Gasteiger partial charge on any atom is -0.458 e. The Morgan fingerprint density at radius 3 is 2.68 bits per heavy atom. The highest BCUT2D eigenvalue weighted by molar-refractivity contribution is 5.87. The van der Waals surface area contributed by atoms with Crippen LogP contribution in [0.15, 0.2) is 6.07 Å². The molecule has 0 spiro atoms. The predicted octanol–water partition coefficient (Wildman–Crippen LogP) is 3.49. The van der Waals surface area contributed by atoms with Crippen LogP contribution in [0, 0.1) is 5.92 Å². The second kappa shape index (κ2) is 6.73. The maximum Gasteiger partial charge on any atom is 0.359 e. The summed E-state index contributed by atoms with van der Waals surface area (Å²) in [4.78, 5) is 12.0. The van der Waals surface area contributed by atoms with Gasteiger partial charge in [0.25, 0.3) is 0 Å². The summed E-state index contributed by atoms with van der Waals surface area (Å²) >= 11 is 0. The summed E-state index contributed by atoms with van der Waals surface area (Å²) < 4.78 is 5.55. The average molecular weight is 264 g/mol. The molecular weight excluding hydrogens is 240 g/mol. The second-order valence-electron chi connectivity index (χ2n) is 5.90. The van der Waals surface area contributed by atoms with Gasteiger partial charge in [-0.15, -0.1) is 0 Å². The number of carbonyl (C=O) groups excluding carboxylic acids is 1. The molecule has 0 aromatic carbocycles. The van der Waals surface area contributed by atoms with E-state index in [9.17, 15) is 4.79 Å². The molecule has 1 aliphatic rings. The van der Waals surface area contributed by atoms with Crippen LogP contribution in [-0.4, -0.2) is 22.3 Å². The largest absolute Gasteiger partial charge is 0.458 e. The first-order valence-corrected chi connectivity index (χ1v) is 7.40. The molecule has 106 valence electrons. The van der Waals surface area contributed by atoms with Gasteiger partial charge in [-0.3, -0.25) is 5.10 Å². The molecular formula is C15H24N2O2. The summed E-state index contributed by atoms with van der Waals surface area (Å²) in [7, 11) is 0. The van der Waals surface area contributed by atoms with Crippen molar-refractivity contribution in [3.8, 4) is 0 Å². The lowest BCUT2D eigenvalue weighted by Crippen LogP contribution is -2.17. The number of nitrogens with one attached hydrogen (secondary N) is 1. The van der Waals surface area contributed by atoms with Crippen LogP contribution >= 0.6 is 0 Å². The van der Waals surface area contributed by atoms with Gasteiger partial charge in [-0.2, -0.15) is 5.10 Å². The smallest absolute Gasteiger partial charge is 0.359 e. The van der Waals surface area contributed by atoms with E-state index in [-0.39, 0.29) is 12.1 Å². The summed E-state index contributed by atoms with van der Waals surface area (Å²) in [6.45, 7) is 4.29. The lowest BCUT2D eigenvalue weighted by atomic mass is 10.1. The Kier molecular flexibility index (Phi) is 5.00. The molecule has 0 saturated heterocycles. The molecule has 19 heavy (non-hydrogen) atoms. The molecule has 0 aliphatic heterocycles. The van der Waals surface area contributed by atoms with Gasteiger partial charge in [-0.1, -0.05) is 26.7 Å². The number of aromatic amines is 1. The Hall–Kier alpha value is -1.32. The lowest BCUT2D eigenvalue weighted by Gasteiger charge is -2.14. The summed E-state index contributed by atoms with van der Waals surface area (Å²) in [6.07, 6.45) is 7.83. The fourth-order valence-electron chi connectivity index (χ4n) is 2.58. The second-order valence-corrected chi connectivity index (χ2v) is 5.90. The number of carbonyl (C=O) groups is 1. The Morgan fingerprint density at radius 2 is 2.05 bits per heavy atom. The van der Waals surface area contributed by atoms with Crippen molar-refractivity contribution in [1.82, 2.24) is 10.2 Å². The highest BCUT2D eigenvalue weighted by Crippen LogP contribution is 2.20. The normalized spacial score (nSPS) is 17.4. The van der Waals surface area contributed by atoms with Gasteiger partial charge in [-0.25, -0.2) is 4.79 Å². The van der Waals surface area contributed by atoms with Crippen molar-refractivity contribution in [3.63, 3.8) is 0 Å². The molecule has 1 aliphatic carbocycles. The van der Waals surface area contributed by atoms with E-state index in [0.29, 0.717) is 11.6 Å². The number of esters is 1. The van der Waals surface area contributed by atoms with Crippen LogP contribution in [0.2, 0.25) is 0 Å². The Bertz CT molecular complexity index is 404. The molecule has 1 aromatic heterocycles. The van der Waals surface area contributed by atoms with Crippen molar-refractivity contribution >= 4 is 5.97 Å². The van der Waals surface area contributed by atoms with Crippen LogP contribution in [-0.2, 0) is 11.2 Å². The highest BCUT2D eigenvalue weighted by atomic mass is 16.5. The molecule has 0 radical (unpaired) electrons. The first-order chi connectivity index (χ1) is 9.15. The lowest BCUT2D eigenvalue weighted by molar-refractivity contribution is 0.0260. The zero-order chi connectivity index (χ0) is 13.7. The van der Waals surface area contributed by atoms with Crippen LogP contribution < -0.4 is 0 Å². The van der Waals surface area contributed by atoms with Gasteiger partial charge in [0.2, 0.25) is 0 Å². The molecule has 1 N–H and O–H groups in total. The molecule has 0 amide bonds. The molecule has 1 heterocycles. The van der Waals surface area contributed by atoms with E-state index in [1.54, 1.807) is 0 Å². The van der Waals surface area contributed by atoms with Crippen molar-refractivity contribution < 1.29 is 9.53 Å². The SMILES string of the molecule is CC(C)Cc1cc(C(=O)OC2CCCCCC2)n[nH]1. The quantitative estimate of drug-likeness (QED) is 0.669. The van der Waals surface area contributed by atoms with Crippen molar-refractivity contribution in [1.29, 1.82) is 0 Å². The Labute approximate surface area is 114 Å². The zero-order valence-corrected chi connectivity index (χ0v) is 11.9. The highest BCUT2D eigenvalue weighted by Gasteiger charge is 2.19. The van der Waals surface area contributed by atoms with Gasteiger partial charge >= 0.3 is 5.97 Å². The minimum absolute atomic E-state index is 0.0836. The molecule has 4 heteroatoms. The first-order valence-electron chi connectivity index (χ1n) is 7.40. The fourth-order valence-corrected chi connectivity index (χ4v) is 2.58. The van der Waals surface area contributed by atoms with E-state index >= 15 is 0 Å². The van der Waals surface area contributed by atoms with E-state index in [4.69, 9.17) is 4.74 Å². The van der Waals surface area contributed by atoms with Crippen molar-refractivity contribution in [2.45, 2.75) is 64.9 Å². The summed E-state index contributed by atoms with van der Waals surface area (Å²) in [6, 6.07) is 1.82. The topological polar surface area (TPSA) is 55.0 Å². The van der Waals surface area contributed by atoms with Crippen LogP contribution in [0.4, 0.5) is 0 Å². The van der Waals surface area contributed by atoms with Crippen LogP contribution in [0.3, 0.4) is 0 Å². The fraction of sp³-hybridized carbons (Fsp3) is 0.733. The third kappa shape index (κ3) is 4.37. The average Bonchev–Trinajstić information content (AvgIpc) is 2.66. The monoisotopic (exact) mass is 264 g/mol. The van der Waals surface area contributed by atoms with Gasteiger partial charge in [0, 0.05) is 5.69 Å². The molecule has 0 atom stereocenters. The van der Waals surface area contributed by atoms with Gasteiger partial charge in [0.1, 0.15) is 6.10 Å². The molecule has 2 rings (SSSR count). The molecule has 1 fully saturated rings. The molecule has 0 unspecified atom stereocenters. The van der Waals surface area contributed by atoms with E-state index < -0.39 is 0 Å². The predicted molar refractivity (Wildman–Crippen MR) is 74.0 cm³/mol. The standard InChI is InChI=1S/C15H24N2O2/c1-11(2)9-12-10-14(17-16-12)15(18)19-13-7-5-3-4-6-8-13/h10-11,13H,3-9H2,1-2H3,(H,16,17). The van der Waals surface area contributed by atoms with Crippen LogP contribution in [0.1, 0.15) is 68.6 Å². The molecule has 1 aromatic rings.